The van der Waals surface area contributed by atoms with Crippen molar-refractivity contribution in [1.82, 2.24) is 30.1 Å². The molecule has 2 aliphatic rings. The first-order valence-electron chi connectivity index (χ1n) is 12.8. The fourth-order valence-corrected chi connectivity index (χ4v) is 5.75. The quantitative estimate of drug-likeness (QED) is 0.429. The predicted octanol–water partition coefficient (Wildman–Crippen LogP) is 3.69. The van der Waals surface area contributed by atoms with Crippen LogP contribution in [0.15, 0.2) is 53.3 Å². The molecule has 4 aromatic rings. The van der Waals surface area contributed by atoms with Gasteiger partial charge in [0.15, 0.2) is 5.82 Å². The minimum atomic E-state index is -0.433. The Morgan fingerprint density at radius 1 is 1.05 bits per heavy atom. The smallest absolute Gasteiger partial charge is 0.253 e. The first kappa shape index (κ1) is 23.6. The molecule has 1 atom stereocenters. The second-order valence-corrected chi connectivity index (χ2v) is 9.80. The molecule has 0 amide bonds. The molecule has 192 valence electrons. The molecule has 3 heterocycles. The van der Waals surface area contributed by atoms with Crippen molar-refractivity contribution in [3.63, 3.8) is 0 Å². The molecular formula is C27H30FN7O2. The summed E-state index contributed by atoms with van der Waals surface area (Å²) in [5.41, 5.74) is 1.77. The Bertz CT molecular complexity index is 1450. The third-order valence-electron chi connectivity index (χ3n) is 7.68. The van der Waals surface area contributed by atoms with E-state index < -0.39 is 6.04 Å². The van der Waals surface area contributed by atoms with Crippen LogP contribution in [0.3, 0.4) is 0 Å². The highest BCUT2D eigenvalue weighted by atomic mass is 19.1. The van der Waals surface area contributed by atoms with E-state index in [0.717, 1.165) is 42.3 Å². The van der Waals surface area contributed by atoms with Gasteiger partial charge in [0.25, 0.3) is 5.56 Å². The summed E-state index contributed by atoms with van der Waals surface area (Å²) < 4.78 is 21.8. The van der Waals surface area contributed by atoms with E-state index in [4.69, 9.17) is 4.74 Å². The number of methoxy groups -OCH3 is 1. The highest BCUT2D eigenvalue weighted by Gasteiger charge is 2.35. The number of anilines is 1. The van der Waals surface area contributed by atoms with Crippen molar-refractivity contribution in [3.8, 4) is 5.75 Å². The molecule has 1 N–H and O–H groups in total. The minimum absolute atomic E-state index is 0.167. The number of nitrogens with zero attached hydrogens (tertiary/aromatic N) is 6. The van der Waals surface area contributed by atoms with Crippen molar-refractivity contribution in [2.24, 2.45) is 0 Å². The number of tetrazole rings is 1. The van der Waals surface area contributed by atoms with Crippen LogP contribution in [0.25, 0.3) is 10.9 Å². The van der Waals surface area contributed by atoms with Crippen molar-refractivity contribution in [1.29, 1.82) is 0 Å². The van der Waals surface area contributed by atoms with Crippen LogP contribution in [-0.2, 0) is 0 Å². The number of rotatable bonds is 6. The van der Waals surface area contributed by atoms with Crippen LogP contribution in [0.4, 0.5) is 10.1 Å². The Hall–Kier alpha value is -3.79. The van der Waals surface area contributed by atoms with Crippen LogP contribution in [0.1, 0.15) is 49.2 Å². The van der Waals surface area contributed by atoms with Crippen LogP contribution in [0.5, 0.6) is 5.75 Å². The van der Waals surface area contributed by atoms with E-state index in [1.165, 1.54) is 6.07 Å². The van der Waals surface area contributed by atoms with Gasteiger partial charge in [-0.2, -0.15) is 0 Å². The lowest BCUT2D eigenvalue weighted by atomic mass is 10.0. The summed E-state index contributed by atoms with van der Waals surface area (Å²) in [6.07, 6.45) is 4.34. The SMILES string of the molecule is COc1ccc2[nH]c(=O)c(C(c3nnnn3C3CCCC3)N3CCN(c4ccccc4F)CC3)cc2c1. The van der Waals surface area contributed by atoms with Crippen LogP contribution in [-0.4, -0.2) is 63.4 Å². The van der Waals surface area contributed by atoms with Gasteiger partial charge in [-0.3, -0.25) is 9.69 Å². The number of aromatic nitrogens is 5. The van der Waals surface area contributed by atoms with Crippen molar-refractivity contribution in [2.45, 2.75) is 37.8 Å². The van der Waals surface area contributed by atoms with E-state index in [9.17, 15) is 9.18 Å². The maximum Gasteiger partial charge on any atom is 0.253 e. The number of ether oxygens (including phenoxy) is 1. The lowest BCUT2D eigenvalue weighted by molar-refractivity contribution is 0.196. The molecule has 1 unspecified atom stereocenters. The van der Waals surface area contributed by atoms with Crippen molar-refractivity contribution in [3.05, 3.63) is 76.1 Å². The largest absolute Gasteiger partial charge is 0.497 e. The molecule has 0 radical (unpaired) electrons. The number of hydrogen-bond acceptors (Lipinski definition) is 7. The number of benzene rings is 2. The Labute approximate surface area is 213 Å². The Morgan fingerprint density at radius 2 is 1.84 bits per heavy atom. The van der Waals surface area contributed by atoms with E-state index >= 15 is 0 Å². The zero-order chi connectivity index (χ0) is 25.4. The van der Waals surface area contributed by atoms with Gasteiger partial charge in [0.2, 0.25) is 0 Å². The molecular weight excluding hydrogens is 473 g/mol. The molecule has 9 nitrogen and oxygen atoms in total. The first-order chi connectivity index (χ1) is 18.1. The van der Waals surface area contributed by atoms with Gasteiger partial charge in [-0.1, -0.05) is 25.0 Å². The van der Waals surface area contributed by atoms with Gasteiger partial charge >= 0.3 is 0 Å². The second kappa shape index (κ2) is 9.93. The highest BCUT2D eigenvalue weighted by molar-refractivity contribution is 5.80. The maximum atomic E-state index is 14.5. The third kappa shape index (κ3) is 4.46. The highest BCUT2D eigenvalue weighted by Crippen LogP contribution is 2.35. The van der Waals surface area contributed by atoms with Gasteiger partial charge < -0.3 is 14.6 Å². The summed E-state index contributed by atoms with van der Waals surface area (Å²) in [6, 6.07) is 14.2. The van der Waals surface area contributed by atoms with Crippen LogP contribution in [0, 0.1) is 5.82 Å². The lowest BCUT2D eigenvalue weighted by Crippen LogP contribution is -2.49. The Morgan fingerprint density at radius 3 is 2.59 bits per heavy atom. The molecule has 0 bridgehead atoms. The van der Waals surface area contributed by atoms with E-state index in [1.54, 1.807) is 13.2 Å². The maximum absolute atomic E-state index is 14.5. The van der Waals surface area contributed by atoms with Gasteiger partial charge in [-0.05, 0) is 59.7 Å². The Balaban J connectivity index is 1.40. The van der Waals surface area contributed by atoms with Gasteiger partial charge in [-0.15, -0.1) is 5.10 Å². The number of piperazine rings is 1. The summed E-state index contributed by atoms with van der Waals surface area (Å²) in [6.45, 7) is 2.52. The molecule has 6 rings (SSSR count). The van der Waals surface area contributed by atoms with Gasteiger partial charge in [0.05, 0.1) is 18.8 Å². The molecule has 1 aliphatic heterocycles. The summed E-state index contributed by atoms with van der Waals surface area (Å²) in [4.78, 5) is 20.8. The zero-order valence-electron chi connectivity index (χ0n) is 20.8. The summed E-state index contributed by atoms with van der Waals surface area (Å²) in [5, 5.41) is 13.8. The number of halogens is 1. The Kier molecular flexibility index (Phi) is 6.33. The molecule has 2 aromatic carbocycles. The fraction of sp³-hybridized carbons (Fsp3) is 0.407. The van der Waals surface area contributed by atoms with Crippen molar-refractivity contribution < 1.29 is 9.13 Å². The number of para-hydroxylation sites is 1. The predicted molar refractivity (Wildman–Crippen MR) is 138 cm³/mol. The minimum Gasteiger partial charge on any atom is -0.497 e. The molecule has 2 fully saturated rings. The van der Waals surface area contributed by atoms with E-state index in [2.05, 4.69) is 30.3 Å². The average molecular weight is 504 g/mol. The molecule has 1 aliphatic carbocycles. The van der Waals surface area contributed by atoms with Crippen molar-refractivity contribution in [2.75, 3.05) is 38.2 Å². The van der Waals surface area contributed by atoms with Gasteiger partial charge in [-0.25, -0.2) is 9.07 Å². The van der Waals surface area contributed by atoms with Crippen LogP contribution in [0.2, 0.25) is 0 Å². The van der Waals surface area contributed by atoms with Gasteiger partial charge in [0, 0.05) is 42.6 Å². The van der Waals surface area contributed by atoms with Crippen molar-refractivity contribution >= 4 is 16.6 Å². The fourth-order valence-electron chi connectivity index (χ4n) is 5.75. The number of hydrogen-bond donors (Lipinski definition) is 1. The van der Waals surface area contributed by atoms with Gasteiger partial charge in [0.1, 0.15) is 17.6 Å². The molecule has 1 saturated heterocycles. The first-order valence-corrected chi connectivity index (χ1v) is 12.8. The number of fused-ring (bicyclic) bond motifs is 1. The zero-order valence-corrected chi connectivity index (χ0v) is 20.8. The topological polar surface area (TPSA) is 92.2 Å². The van der Waals surface area contributed by atoms with E-state index in [1.807, 2.05) is 41.1 Å². The number of pyridine rings is 1. The molecule has 2 aromatic heterocycles. The van der Waals surface area contributed by atoms with Crippen LogP contribution >= 0.6 is 0 Å². The summed E-state index contributed by atoms with van der Waals surface area (Å²) in [7, 11) is 1.63. The second-order valence-electron chi connectivity index (χ2n) is 9.80. The molecule has 10 heteroatoms. The van der Waals surface area contributed by atoms with E-state index in [-0.39, 0.29) is 17.4 Å². The standard InChI is InChI=1S/C27H30FN7O2/c1-37-20-10-11-23-18(16-20)17-21(27(36)29-23)25(26-30-31-32-35(26)19-6-2-3-7-19)34-14-12-33(13-15-34)24-9-5-4-8-22(24)28/h4-5,8-11,16-17,19,25H,2-3,6-7,12-15H2,1H3,(H,29,36). The average Bonchev–Trinajstić information content (AvgIpc) is 3.62. The summed E-state index contributed by atoms with van der Waals surface area (Å²) >= 11 is 0. The third-order valence-corrected chi connectivity index (χ3v) is 7.68. The number of aromatic amines is 1. The van der Waals surface area contributed by atoms with Crippen LogP contribution < -0.4 is 15.2 Å². The molecule has 37 heavy (non-hydrogen) atoms. The number of H-pyrrole nitrogens is 1. The normalized spacial score (nSPS) is 17.9. The van der Waals surface area contributed by atoms with E-state index in [0.29, 0.717) is 43.3 Å². The molecule has 1 saturated carbocycles. The lowest BCUT2D eigenvalue weighted by Gasteiger charge is -2.39. The summed E-state index contributed by atoms with van der Waals surface area (Å²) in [5.74, 6) is 1.17. The molecule has 0 spiro atoms. The monoisotopic (exact) mass is 503 g/mol. The number of nitrogens with one attached hydrogen (secondary N) is 1.